The van der Waals surface area contributed by atoms with E-state index in [1.54, 1.807) is 6.20 Å². The predicted molar refractivity (Wildman–Crippen MR) is 88.5 cm³/mol. The van der Waals surface area contributed by atoms with Gasteiger partial charge in [-0.25, -0.2) is 0 Å². The zero-order valence-corrected chi connectivity index (χ0v) is 13.0. The van der Waals surface area contributed by atoms with E-state index in [2.05, 4.69) is 26.2 Å². The number of likely N-dealkylation sites (tertiary alicyclic amines) is 1. The SMILES string of the molecule is NC(=O)c1cn[nH]c1C1CCCCN1CC=Cc1ccccn1. The molecule has 0 aromatic carbocycles. The zero-order chi connectivity index (χ0) is 16.1. The van der Waals surface area contributed by atoms with Gasteiger partial charge < -0.3 is 5.73 Å². The molecule has 3 heterocycles. The molecule has 0 bridgehead atoms. The summed E-state index contributed by atoms with van der Waals surface area (Å²) in [4.78, 5) is 18.2. The number of rotatable bonds is 5. The van der Waals surface area contributed by atoms with Crippen molar-refractivity contribution in [1.29, 1.82) is 0 Å². The number of nitrogens with two attached hydrogens (primary N) is 1. The van der Waals surface area contributed by atoms with Crippen molar-refractivity contribution in [1.82, 2.24) is 20.1 Å². The molecule has 0 spiro atoms. The largest absolute Gasteiger partial charge is 0.365 e. The smallest absolute Gasteiger partial charge is 0.252 e. The van der Waals surface area contributed by atoms with Crippen LogP contribution >= 0.6 is 0 Å². The fourth-order valence-corrected chi connectivity index (χ4v) is 3.07. The molecule has 1 unspecified atom stereocenters. The van der Waals surface area contributed by atoms with E-state index in [1.807, 2.05) is 24.3 Å². The molecule has 1 amide bonds. The van der Waals surface area contributed by atoms with Crippen LogP contribution in [0.2, 0.25) is 0 Å². The van der Waals surface area contributed by atoms with Crippen molar-refractivity contribution in [3.63, 3.8) is 0 Å². The van der Waals surface area contributed by atoms with Crippen molar-refractivity contribution < 1.29 is 4.79 Å². The summed E-state index contributed by atoms with van der Waals surface area (Å²) in [6.07, 6.45) is 10.7. The maximum absolute atomic E-state index is 11.6. The Labute approximate surface area is 135 Å². The normalized spacial score (nSPS) is 19.2. The number of H-pyrrole nitrogens is 1. The number of primary amides is 1. The molecule has 0 radical (unpaired) electrons. The van der Waals surface area contributed by atoms with Crippen LogP contribution in [0.15, 0.2) is 36.7 Å². The highest BCUT2D eigenvalue weighted by Gasteiger charge is 2.27. The Morgan fingerprint density at radius 3 is 3.13 bits per heavy atom. The molecule has 0 saturated carbocycles. The predicted octanol–water partition coefficient (Wildman–Crippen LogP) is 2.14. The average Bonchev–Trinajstić information content (AvgIpc) is 3.06. The highest BCUT2D eigenvalue weighted by atomic mass is 16.1. The topological polar surface area (TPSA) is 87.9 Å². The Bertz CT molecular complexity index is 679. The van der Waals surface area contributed by atoms with Gasteiger partial charge in [0, 0.05) is 12.7 Å². The van der Waals surface area contributed by atoms with Gasteiger partial charge in [0.1, 0.15) is 0 Å². The summed E-state index contributed by atoms with van der Waals surface area (Å²) < 4.78 is 0. The quantitative estimate of drug-likeness (QED) is 0.885. The minimum absolute atomic E-state index is 0.155. The summed E-state index contributed by atoms with van der Waals surface area (Å²) in [5.41, 5.74) is 7.72. The van der Waals surface area contributed by atoms with Crippen molar-refractivity contribution in [2.75, 3.05) is 13.1 Å². The maximum atomic E-state index is 11.6. The number of hydrogen-bond acceptors (Lipinski definition) is 4. The molecule has 1 aliphatic heterocycles. The van der Waals surface area contributed by atoms with E-state index in [-0.39, 0.29) is 6.04 Å². The maximum Gasteiger partial charge on any atom is 0.252 e. The van der Waals surface area contributed by atoms with Crippen LogP contribution in [-0.2, 0) is 0 Å². The minimum Gasteiger partial charge on any atom is -0.365 e. The average molecular weight is 311 g/mol. The van der Waals surface area contributed by atoms with Crippen molar-refractivity contribution in [2.45, 2.75) is 25.3 Å². The van der Waals surface area contributed by atoms with Gasteiger partial charge in [-0.1, -0.05) is 18.6 Å². The number of nitrogens with zero attached hydrogens (tertiary/aromatic N) is 3. The standard InChI is InChI=1S/C17H21N5O/c18-17(23)14-12-20-21-16(14)15-8-2-4-10-22(15)11-5-7-13-6-1-3-9-19-13/h1,3,5-7,9,12,15H,2,4,8,10-11H2,(H2,18,23)(H,20,21). The lowest BCUT2D eigenvalue weighted by atomic mass is 9.97. The molecule has 1 aliphatic rings. The van der Waals surface area contributed by atoms with E-state index in [0.29, 0.717) is 5.56 Å². The van der Waals surface area contributed by atoms with Crippen LogP contribution in [0, 0.1) is 0 Å². The lowest BCUT2D eigenvalue weighted by Crippen LogP contribution is -2.34. The molecule has 1 saturated heterocycles. The van der Waals surface area contributed by atoms with Crippen molar-refractivity contribution >= 4 is 12.0 Å². The Kier molecular flexibility index (Phi) is 4.83. The van der Waals surface area contributed by atoms with Gasteiger partial charge in [0.2, 0.25) is 0 Å². The third-order valence-electron chi connectivity index (χ3n) is 4.20. The second-order valence-corrected chi connectivity index (χ2v) is 5.73. The highest BCUT2D eigenvalue weighted by Crippen LogP contribution is 2.31. The van der Waals surface area contributed by atoms with Gasteiger partial charge in [0.05, 0.1) is 29.2 Å². The van der Waals surface area contributed by atoms with Gasteiger partial charge in [0.15, 0.2) is 0 Å². The van der Waals surface area contributed by atoms with Gasteiger partial charge in [0.25, 0.3) is 5.91 Å². The molecule has 2 aromatic rings. The van der Waals surface area contributed by atoms with Gasteiger partial charge in [-0.2, -0.15) is 5.10 Å². The fraction of sp³-hybridized carbons (Fsp3) is 0.353. The Balaban J connectivity index is 1.73. The van der Waals surface area contributed by atoms with E-state index in [0.717, 1.165) is 43.7 Å². The van der Waals surface area contributed by atoms with Crippen LogP contribution in [0.4, 0.5) is 0 Å². The number of amides is 1. The first-order chi connectivity index (χ1) is 11.3. The monoisotopic (exact) mass is 311 g/mol. The number of nitrogens with one attached hydrogen (secondary N) is 1. The van der Waals surface area contributed by atoms with E-state index in [1.165, 1.54) is 6.20 Å². The molecule has 0 aliphatic carbocycles. The summed E-state index contributed by atoms with van der Waals surface area (Å²) in [6.45, 7) is 1.80. The lowest BCUT2D eigenvalue weighted by Gasteiger charge is -2.34. The summed E-state index contributed by atoms with van der Waals surface area (Å²) in [7, 11) is 0. The van der Waals surface area contributed by atoms with Gasteiger partial charge in [-0.15, -0.1) is 0 Å². The van der Waals surface area contributed by atoms with Crippen molar-refractivity contribution in [2.24, 2.45) is 5.73 Å². The number of aromatic amines is 1. The Morgan fingerprint density at radius 2 is 2.35 bits per heavy atom. The zero-order valence-electron chi connectivity index (χ0n) is 13.0. The Hall–Kier alpha value is -2.47. The van der Waals surface area contributed by atoms with Crippen molar-refractivity contribution in [3.8, 4) is 0 Å². The molecule has 6 heteroatoms. The number of carbonyl (C=O) groups excluding carboxylic acids is 1. The van der Waals surface area contributed by atoms with Gasteiger partial charge in [-0.05, 0) is 37.6 Å². The second kappa shape index (κ2) is 7.19. The summed E-state index contributed by atoms with van der Waals surface area (Å²) in [6, 6.07) is 6.01. The first-order valence-corrected chi connectivity index (χ1v) is 7.90. The number of hydrogen-bond donors (Lipinski definition) is 2. The van der Waals surface area contributed by atoms with E-state index in [9.17, 15) is 4.79 Å². The molecular formula is C17H21N5O. The molecular weight excluding hydrogens is 290 g/mol. The number of aromatic nitrogens is 3. The van der Waals surface area contributed by atoms with Crippen LogP contribution in [0.1, 0.15) is 47.1 Å². The lowest BCUT2D eigenvalue weighted by molar-refractivity contribution is 0.0993. The van der Waals surface area contributed by atoms with Gasteiger partial charge >= 0.3 is 0 Å². The van der Waals surface area contributed by atoms with Crippen molar-refractivity contribution in [3.05, 3.63) is 53.6 Å². The second-order valence-electron chi connectivity index (χ2n) is 5.73. The third-order valence-corrected chi connectivity index (χ3v) is 4.20. The number of carbonyl (C=O) groups is 1. The van der Waals surface area contributed by atoms with Crippen LogP contribution < -0.4 is 5.73 Å². The molecule has 120 valence electrons. The van der Waals surface area contributed by atoms with Crippen LogP contribution in [0.3, 0.4) is 0 Å². The van der Waals surface area contributed by atoms with E-state index < -0.39 is 5.91 Å². The number of piperidine rings is 1. The van der Waals surface area contributed by atoms with E-state index >= 15 is 0 Å². The summed E-state index contributed by atoms with van der Waals surface area (Å²) in [5, 5.41) is 6.97. The molecule has 1 atom stereocenters. The first kappa shape index (κ1) is 15.4. The first-order valence-electron chi connectivity index (χ1n) is 7.90. The Morgan fingerprint density at radius 1 is 1.43 bits per heavy atom. The number of pyridine rings is 1. The van der Waals surface area contributed by atoms with Gasteiger partial charge in [-0.3, -0.25) is 19.8 Å². The molecule has 3 rings (SSSR count). The van der Waals surface area contributed by atoms with Crippen LogP contribution in [0.5, 0.6) is 0 Å². The summed E-state index contributed by atoms with van der Waals surface area (Å²) in [5.74, 6) is -0.427. The molecule has 23 heavy (non-hydrogen) atoms. The fourth-order valence-electron chi connectivity index (χ4n) is 3.07. The highest BCUT2D eigenvalue weighted by molar-refractivity contribution is 5.93. The summed E-state index contributed by atoms with van der Waals surface area (Å²) >= 11 is 0. The molecule has 1 fully saturated rings. The molecule has 6 nitrogen and oxygen atoms in total. The van der Waals surface area contributed by atoms with Crippen LogP contribution in [-0.4, -0.2) is 39.1 Å². The molecule has 3 N–H and O–H groups in total. The third kappa shape index (κ3) is 3.65. The van der Waals surface area contributed by atoms with E-state index in [4.69, 9.17) is 5.73 Å². The minimum atomic E-state index is -0.427. The molecule has 2 aromatic heterocycles. The van der Waals surface area contributed by atoms with Crippen LogP contribution in [0.25, 0.3) is 6.08 Å².